The third kappa shape index (κ3) is 3.24. The van der Waals surface area contributed by atoms with Crippen LogP contribution in [0.4, 0.5) is 17.1 Å². The van der Waals surface area contributed by atoms with E-state index in [-0.39, 0.29) is 22.0 Å². The van der Waals surface area contributed by atoms with Gasteiger partial charge >= 0.3 is 0 Å². The van der Waals surface area contributed by atoms with Crippen molar-refractivity contribution in [3.05, 3.63) is 62.1 Å². The normalized spacial score (nSPS) is 10.2. The molecule has 2 aromatic rings. The monoisotopic (exact) mass is 325 g/mol. The molecule has 0 saturated carbocycles. The second-order valence-electron chi connectivity index (χ2n) is 4.07. The van der Waals surface area contributed by atoms with Crippen LogP contribution in [0.25, 0.3) is 0 Å². The van der Waals surface area contributed by atoms with Crippen LogP contribution in [0.1, 0.15) is 10.4 Å². The Kier molecular flexibility index (Phi) is 4.30. The van der Waals surface area contributed by atoms with Crippen LogP contribution in [0.3, 0.4) is 0 Å². The molecular weight excluding hydrogens is 317 g/mol. The molecule has 2 aromatic carbocycles. The molecule has 0 saturated heterocycles. The zero-order valence-corrected chi connectivity index (χ0v) is 12.0. The Morgan fingerprint density at radius 2 is 1.95 bits per heavy atom. The average molecular weight is 326 g/mol. The zero-order valence-electron chi connectivity index (χ0n) is 10.5. The Morgan fingerprint density at radius 3 is 2.62 bits per heavy atom. The van der Waals surface area contributed by atoms with E-state index in [1.54, 1.807) is 6.07 Å². The van der Waals surface area contributed by atoms with Gasteiger partial charge in [-0.25, -0.2) is 0 Å². The molecule has 0 spiro atoms. The van der Waals surface area contributed by atoms with Crippen molar-refractivity contribution < 1.29 is 9.72 Å². The number of para-hydroxylation sites is 1. The van der Waals surface area contributed by atoms with Gasteiger partial charge in [-0.3, -0.25) is 14.9 Å². The van der Waals surface area contributed by atoms with E-state index in [0.29, 0.717) is 10.7 Å². The van der Waals surface area contributed by atoms with Gasteiger partial charge in [-0.05, 0) is 24.3 Å². The van der Waals surface area contributed by atoms with Crippen LogP contribution in [0, 0.1) is 10.1 Å². The Hall–Kier alpha value is -2.31. The van der Waals surface area contributed by atoms with Crippen molar-refractivity contribution in [2.75, 3.05) is 11.1 Å². The van der Waals surface area contributed by atoms with Crippen molar-refractivity contribution in [3.63, 3.8) is 0 Å². The van der Waals surface area contributed by atoms with Crippen LogP contribution < -0.4 is 11.1 Å². The number of nitro benzene ring substituents is 1. The number of anilines is 2. The molecule has 6 nitrogen and oxygen atoms in total. The Labute approximate surface area is 129 Å². The molecule has 21 heavy (non-hydrogen) atoms. The number of carbonyl (C=O) groups is 1. The fraction of sp³-hybridized carbons (Fsp3) is 0. The van der Waals surface area contributed by atoms with Gasteiger partial charge in [0.2, 0.25) is 0 Å². The fourth-order valence-corrected chi connectivity index (χ4v) is 2.03. The first kappa shape index (κ1) is 15.1. The number of nitrogens with two attached hydrogens (primary N) is 1. The maximum absolute atomic E-state index is 12.2. The van der Waals surface area contributed by atoms with E-state index in [0.717, 1.165) is 0 Å². The molecule has 3 N–H and O–H groups in total. The largest absolute Gasteiger partial charge is 0.393 e. The SMILES string of the molecule is Nc1c(C(=O)Nc2cc(Cl)ccc2Cl)cccc1[N+](=O)[O-]. The number of rotatable bonds is 3. The number of nitro groups is 1. The number of hydrogen-bond donors (Lipinski definition) is 2. The highest BCUT2D eigenvalue weighted by Crippen LogP contribution is 2.28. The number of amides is 1. The number of carbonyl (C=O) groups excluding carboxylic acids is 1. The number of nitrogen functional groups attached to an aromatic ring is 1. The van der Waals surface area contributed by atoms with Gasteiger partial charge in [0, 0.05) is 11.1 Å². The highest BCUT2D eigenvalue weighted by molar-refractivity contribution is 6.36. The Bertz CT molecular complexity index is 735. The lowest BCUT2D eigenvalue weighted by atomic mass is 10.1. The molecule has 0 aromatic heterocycles. The average Bonchev–Trinajstić information content (AvgIpc) is 2.42. The second-order valence-corrected chi connectivity index (χ2v) is 4.92. The number of nitrogens with one attached hydrogen (secondary N) is 1. The van der Waals surface area contributed by atoms with E-state index >= 15 is 0 Å². The summed E-state index contributed by atoms with van der Waals surface area (Å²) in [5, 5.41) is 14.0. The van der Waals surface area contributed by atoms with Crippen molar-refractivity contribution >= 4 is 46.2 Å². The van der Waals surface area contributed by atoms with Crippen LogP contribution in [0.2, 0.25) is 10.0 Å². The molecule has 1 amide bonds. The Morgan fingerprint density at radius 1 is 1.24 bits per heavy atom. The molecule has 0 radical (unpaired) electrons. The van der Waals surface area contributed by atoms with Gasteiger partial charge in [0.1, 0.15) is 5.69 Å². The third-order valence-electron chi connectivity index (χ3n) is 2.70. The highest BCUT2D eigenvalue weighted by atomic mass is 35.5. The van der Waals surface area contributed by atoms with Gasteiger partial charge < -0.3 is 11.1 Å². The van der Waals surface area contributed by atoms with Crippen LogP contribution in [0.15, 0.2) is 36.4 Å². The van der Waals surface area contributed by atoms with Crippen LogP contribution in [-0.4, -0.2) is 10.8 Å². The van der Waals surface area contributed by atoms with Crippen molar-refractivity contribution in [1.82, 2.24) is 0 Å². The first-order chi connectivity index (χ1) is 9.90. The van der Waals surface area contributed by atoms with Gasteiger partial charge in [0.05, 0.1) is 21.2 Å². The number of benzene rings is 2. The molecule has 0 aliphatic heterocycles. The fourth-order valence-electron chi connectivity index (χ4n) is 1.69. The van der Waals surface area contributed by atoms with Crippen molar-refractivity contribution in [2.45, 2.75) is 0 Å². The molecule has 108 valence electrons. The summed E-state index contributed by atoms with van der Waals surface area (Å²) >= 11 is 11.8. The van der Waals surface area contributed by atoms with Gasteiger partial charge in [0.25, 0.3) is 11.6 Å². The summed E-state index contributed by atoms with van der Waals surface area (Å²) in [6.07, 6.45) is 0. The topological polar surface area (TPSA) is 98.3 Å². The molecule has 0 unspecified atom stereocenters. The van der Waals surface area contributed by atoms with Gasteiger partial charge in [0.15, 0.2) is 0 Å². The number of hydrogen-bond acceptors (Lipinski definition) is 4. The minimum atomic E-state index is -0.654. The zero-order chi connectivity index (χ0) is 15.6. The van der Waals surface area contributed by atoms with E-state index in [2.05, 4.69) is 5.32 Å². The number of halogens is 2. The summed E-state index contributed by atoms with van der Waals surface area (Å²) in [4.78, 5) is 22.3. The lowest BCUT2D eigenvalue weighted by Gasteiger charge is -2.09. The third-order valence-corrected chi connectivity index (χ3v) is 3.27. The first-order valence-electron chi connectivity index (χ1n) is 5.69. The predicted octanol–water partition coefficient (Wildman–Crippen LogP) is 3.74. The van der Waals surface area contributed by atoms with E-state index in [1.165, 1.54) is 30.3 Å². The lowest BCUT2D eigenvalue weighted by molar-refractivity contribution is -0.383. The summed E-state index contributed by atoms with van der Waals surface area (Å²) in [6.45, 7) is 0. The Balaban J connectivity index is 2.35. The van der Waals surface area contributed by atoms with Crippen LogP contribution >= 0.6 is 23.2 Å². The molecular formula is C13H9Cl2N3O3. The first-order valence-corrected chi connectivity index (χ1v) is 6.45. The summed E-state index contributed by atoms with van der Waals surface area (Å²) in [7, 11) is 0. The summed E-state index contributed by atoms with van der Waals surface area (Å²) in [6, 6.07) is 8.55. The van der Waals surface area contributed by atoms with Crippen LogP contribution in [0.5, 0.6) is 0 Å². The number of nitrogens with zero attached hydrogens (tertiary/aromatic N) is 1. The van der Waals surface area contributed by atoms with Gasteiger partial charge in [-0.15, -0.1) is 0 Å². The smallest absolute Gasteiger partial charge is 0.292 e. The second kappa shape index (κ2) is 5.99. The van der Waals surface area contributed by atoms with E-state index in [4.69, 9.17) is 28.9 Å². The molecule has 0 bridgehead atoms. The summed E-state index contributed by atoms with van der Waals surface area (Å²) < 4.78 is 0. The lowest BCUT2D eigenvalue weighted by Crippen LogP contribution is -2.15. The molecule has 0 aliphatic carbocycles. The molecule has 8 heteroatoms. The van der Waals surface area contributed by atoms with Crippen molar-refractivity contribution in [2.24, 2.45) is 0 Å². The molecule has 0 aliphatic rings. The quantitative estimate of drug-likeness (QED) is 0.510. The van der Waals surface area contributed by atoms with E-state index in [9.17, 15) is 14.9 Å². The maximum atomic E-state index is 12.2. The molecule has 0 heterocycles. The minimum absolute atomic E-state index is 0.0137. The summed E-state index contributed by atoms with van der Waals surface area (Å²) in [5.41, 5.74) is 5.38. The van der Waals surface area contributed by atoms with Crippen LogP contribution in [-0.2, 0) is 0 Å². The van der Waals surface area contributed by atoms with Crippen molar-refractivity contribution in [3.8, 4) is 0 Å². The van der Waals surface area contributed by atoms with E-state index in [1.807, 2.05) is 0 Å². The van der Waals surface area contributed by atoms with E-state index < -0.39 is 10.8 Å². The van der Waals surface area contributed by atoms with Gasteiger partial charge in [-0.2, -0.15) is 0 Å². The standard InChI is InChI=1S/C13H9Cl2N3O3/c14-7-4-5-9(15)10(6-7)17-13(19)8-2-1-3-11(12(8)16)18(20)21/h1-6H,16H2,(H,17,19). The minimum Gasteiger partial charge on any atom is -0.393 e. The molecule has 0 fully saturated rings. The highest BCUT2D eigenvalue weighted by Gasteiger charge is 2.19. The molecule has 0 atom stereocenters. The predicted molar refractivity (Wildman–Crippen MR) is 81.9 cm³/mol. The molecule has 2 rings (SSSR count). The summed E-state index contributed by atoms with van der Waals surface area (Å²) in [5.74, 6) is -0.611. The van der Waals surface area contributed by atoms with Crippen molar-refractivity contribution in [1.29, 1.82) is 0 Å². The maximum Gasteiger partial charge on any atom is 0.292 e. The van der Waals surface area contributed by atoms with Gasteiger partial charge in [-0.1, -0.05) is 29.3 Å².